The highest BCUT2D eigenvalue weighted by atomic mass is 19.1. The van der Waals surface area contributed by atoms with Crippen LogP contribution in [-0.2, 0) is 0 Å². The van der Waals surface area contributed by atoms with Crippen molar-refractivity contribution in [3.8, 4) is 0 Å². The van der Waals surface area contributed by atoms with Gasteiger partial charge < -0.3 is 5.11 Å². The first-order valence-electron chi connectivity index (χ1n) is 8.57. The van der Waals surface area contributed by atoms with Gasteiger partial charge in [0.25, 0.3) is 0 Å². The quantitative estimate of drug-likeness (QED) is 0.821. The van der Waals surface area contributed by atoms with Crippen molar-refractivity contribution in [3.63, 3.8) is 0 Å². The standard InChI is InChI=1S/C19H27FO/c1-13-5-6-15(14-7-9-18(21)10-8-14)12-19(13)16-3-2-4-17(20)11-16/h2-4,11,13-15,18-19,21H,5-10,12H2,1H3. The third-order valence-electron chi connectivity index (χ3n) is 5.92. The molecule has 3 unspecified atom stereocenters. The predicted molar refractivity (Wildman–Crippen MR) is 83.6 cm³/mol. The summed E-state index contributed by atoms with van der Waals surface area (Å²) < 4.78 is 13.5. The molecule has 2 aliphatic rings. The van der Waals surface area contributed by atoms with E-state index in [0.29, 0.717) is 11.8 Å². The van der Waals surface area contributed by atoms with E-state index in [2.05, 4.69) is 13.0 Å². The summed E-state index contributed by atoms with van der Waals surface area (Å²) in [7, 11) is 0. The van der Waals surface area contributed by atoms with E-state index < -0.39 is 0 Å². The van der Waals surface area contributed by atoms with Crippen molar-refractivity contribution in [2.45, 2.75) is 63.9 Å². The molecular weight excluding hydrogens is 263 g/mol. The van der Waals surface area contributed by atoms with E-state index in [0.717, 1.165) is 24.7 Å². The molecule has 0 bridgehead atoms. The minimum atomic E-state index is -0.109. The summed E-state index contributed by atoms with van der Waals surface area (Å²) in [5, 5.41) is 9.69. The summed E-state index contributed by atoms with van der Waals surface area (Å²) in [6.45, 7) is 2.32. The van der Waals surface area contributed by atoms with Gasteiger partial charge in [0.15, 0.2) is 0 Å². The Morgan fingerprint density at radius 3 is 2.43 bits per heavy atom. The molecule has 0 saturated heterocycles. The molecule has 21 heavy (non-hydrogen) atoms. The van der Waals surface area contributed by atoms with Gasteiger partial charge in [-0.2, -0.15) is 0 Å². The van der Waals surface area contributed by atoms with Gasteiger partial charge in [0.05, 0.1) is 6.10 Å². The van der Waals surface area contributed by atoms with Gasteiger partial charge in [-0.05, 0) is 86.3 Å². The smallest absolute Gasteiger partial charge is 0.123 e. The molecule has 1 nitrogen and oxygen atoms in total. The van der Waals surface area contributed by atoms with E-state index in [1.54, 1.807) is 6.07 Å². The molecule has 0 aliphatic heterocycles. The van der Waals surface area contributed by atoms with Crippen molar-refractivity contribution in [1.29, 1.82) is 0 Å². The zero-order valence-corrected chi connectivity index (χ0v) is 13.0. The number of aliphatic hydroxyl groups excluding tert-OH is 1. The summed E-state index contributed by atoms with van der Waals surface area (Å²) in [6, 6.07) is 7.21. The van der Waals surface area contributed by atoms with Crippen LogP contribution in [0.3, 0.4) is 0 Å². The van der Waals surface area contributed by atoms with Crippen molar-refractivity contribution in [1.82, 2.24) is 0 Å². The van der Waals surface area contributed by atoms with Gasteiger partial charge in [-0.3, -0.25) is 0 Å². The van der Waals surface area contributed by atoms with Crippen LogP contribution in [0.4, 0.5) is 4.39 Å². The van der Waals surface area contributed by atoms with Crippen LogP contribution in [0.15, 0.2) is 24.3 Å². The van der Waals surface area contributed by atoms with Gasteiger partial charge in [-0.25, -0.2) is 4.39 Å². The fourth-order valence-electron chi connectivity index (χ4n) is 4.56. The van der Waals surface area contributed by atoms with E-state index >= 15 is 0 Å². The van der Waals surface area contributed by atoms with Crippen LogP contribution in [0, 0.1) is 23.6 Å². The summed E-state index contributed by atoms with van der Waals surface area (Å²) in [5.41, 5.74) is 1.18. The van der Waals surface area contributed by atoms with Gasteiger partial charge in [-0.1, -0.05) is 19.1 Å². The summed E-state index contributed by atoms with van der Waals surface area (Å²) in [6.07, 6.45) is 8.00. The fraction of sp³-hybridized carbons (Fsp3) is 0.684. The zero-order valence-electron chi connectivity index (χ0n) is 13.0. The van der Waals surface area contributed by atoms with Crippen LogP contribution in [0.25, 0.3) is 0 Å². The summed E-state index contributed by atoms with van der Waals surface area (Å²) in [4.78, 5) is 0. The number of aliphatic hydroxyl groups is 1. The minimum absolute atomic E-state index is 0.0669. The minimum Gasteiger partial charge on any atom is -0.393 e. The third-order valence-corrected chi connectivity index (χ3v) is 5.92. The van der Waals surface area contributed by atoms with Gasteiger partial charge in [0, 0.05) is 0 Å². The Balaban J connectivity index is 1.70. The highest BCUT2D eigenvalue weighted by Crippen LogP contribution is 2.46. The maximum atomic E-state index is 13.5. The molecule has 3 atom stereocenters. The van der Waals surface area contributed by atoms with Gasteiger partial charge in [-0.15, -0.1) is 0 Å². The van der Waals surface area contributed by atoms with E-state index in [1.165, 1.54) is 43.7 Å². The van der Waals surface area contributed by atoms with Crippen LogP contribution in [-0.4, -0.2) is 11.2 Å². The van der Waals surface area contributed by atoms with Crippen molar-refractivity contribution in [3.05, 3.63) is 35.6 Å². The molecule has 2 aliphatic carbocycles. The van der Waals surface area contributed by atoms with Crippen LogP contribution in [0.5, 0.6) is 0 Å². The lowest BCUT2D eigenvalue weighted by Gasteiger charge is -2.40. The van der Waals surface area contributed by atoms with Crippen molar-refractivity contribution in [2.24, 2.45) is 17.8 Å². The SMILES string of the molecule is CC1CCC(C2CCC(O)CC2)CC1c1cccc(F)c1. The van der Waals surface area contributed by atoms with Crippen LogP contribution >= 0.6 is 0 Å². The fourth-order valence-corrected chi connectivity index (χ4v) is 4.56. The largest absolute Gasteiger partial charge is 0.393 e. The summed E-state index contributed by atoms with van der Waals surface area (Å²) in [5.74, 6) is 2.59. The average molecular weight is 290 g/mol. The molecule has 1 aromatic rings. The zero-order chi connectivity index (χ0) is 14.8. The van der Waals surface area contributed by atoms with Crippen molar-refractivity contribution >= 4 is 0 Å². The molecule has 0 spiro atoms. The van der Waals surface area contributed by atoms with Crippen molar-refractivity contribution < 1.29 is 9.50 Å². The number of hydrogen-bond acceptors (Lipinski definition) is 1. The van der Waals surface area contributed by atoms with Crippen LogP contribution in [0.1, 0.15) is 63.4 Å². The Kier molecular flexibility index (Phi) is 4.63. The molecule has 1 aromatic carbocycles. The maximum absolute atomic E-state index is 13.5. The molecule has 2 fully saturated rings. The predicted octanol–water partition coefficient (Wildman–Crippen LogP) is 4.90. The van der Waals surface area contributed by atoms with Gasteiger partial charge in [0.2, 0.25) is 0 Å². The second kappa shape index (κ2) is 6.48. The molecule has 116 valence electrons. The Labute approximate surface area is 127 Å². The topological polar surface area (TPSA) is 20.2 Å². The maximum Gasteiger partial charge on any atom is 0.123 e. The Hall–Kier alpha value is -0.890. The second-order valence-corrected chi connectivity index (χ2v) is 7.28. The Morgan fingerprint density at radius 2 is 1.71 bits per heavy atom. The number of rotatable bonds is 2. The molecule has 1 N–H and O–H groups in total. The lowest BCUT2D eigenvalue weighted by Crippen LogP contribution is -2.30. The highest BCUT2D eigenvalue weighted by Gasteiger charge is 2.34. The first-order chi connectivity index (χ1) is 10.1. The van der Waals surface area contributed by atoms with Crippen LogP contribution in [0.2, 0.25) is 0 Å². The lowest BCUT2D eigenvalue weighted by atomic mass is 9.65. The Bertz CT molecular complexity index is 464. The third kappa shape index (κ3) is 3.48. The first-order valence-corrected chi connectivity index (χ1v) is 8.57. The molecule has 3 rings (SSSR count). The molecule has 0 radical (unpaired) electrons. The molecular formula is C19H27FO. The summed E-state index contributed by atoms with van der Waals surface area (Å²) >= 11 is 0. The normalized spacial score (nSPS) is 37.4. The molecule has 2 saturated carbocycles. The van der Waals surface area contributed by atoms with Crippen LogP contribution < -0.4 is 0 Å². The van der Waals surface area contributed by atoms with Gasteiger partial charge >= 0.3 is 0 Å². The first kappa shape index (κ1) is 15.0. The lowest BCUT2D eigenvalue weighted by molar-refractivity contribution is 0.0738. The number of benzene rings is 1. The van der Waals surface area contributed by atoms with E-state index in [-0.39, 0.29) is 11.9 Å². The molecule has 2 heteroatoms. The average Bonchev–Trinajstić information content (AvgIpc) is 2.49. The molecule has 0 amide bonds. The molecule has 0 heterocycles. The second-order valence-electron chi connectivity index (χ2n) is 7.28. The van der Waals surface area contributed by atoms with E-state index in [4.69, 9.17) is 0 Å². The van der Waals surface area contributed by atoms with E-state index in [1.807, 2.05) is 6.07 Å². The number of hydrogen-bond donors (Lipinski definition) is 1. The number of halogens is 1. The van der Waals surface area contributed by atoms with Gasteiger partial charge in [0.1, 0.15) is 5.82 Å². The monoisotopic (exact) mass is 290 g/mol. The van der Waals surface area contributed by atoms with Crippen molar-refractivity contribution in [2.75, 3.05) is 0 Å². The van der Waals surface area contributed by atoms with E-state index in [9.17, 15) is 9.50 Å². The molecule has 0 aromatic heterocycles. The highest BCUT2D eigenvalue weighted by molar-refractivity contribution is 5.22. The Morgan fingerprint density at radius 1 is 1.00 bits per heavy atom.